The van der Waals surface area contributed by atoms with Gasteiger partial charge in [-0.2, -0.15) is 0 Å². The number of benzene rings is 2. The molecule has 3 aromatic rings. The van der Waals surface area contributed by atoms with Crippen molar-refractivity contribution in [1.29, 1.82) is 0 Å². The molecular formula is C32H36N2O7S. The molecule has 0 N–H and O–H groups in total. The highest BCUT2D eigenvalue weighted by Crippen LogP contribution is 2.36. The Morgan fingerprint density at radius 1 is 0.929 bits per heavy atom. The van der Waals surface area contributed by atoms with Crippen LogP contribution in [0.2, 0.25) is 0 Å². The van der Waals surface area contributed by atoms with Gasteiger partial charge in [0.15, 0.2) is 27.8 Å². The molecule has 0 saturated heterocycles. The zero-order chi connectivity index (χ0) is 30.2. The third-order valence-electron chi connectivity index (χ3n) is 6.32. The van der Waals surface area contributed by atoms with E-state index in [-0.39, 0.29) is 17.7 Å². The summed E-state index contributed by atoms with van der Waals surface area (Å²) in [6.07, 6.45) is 3.44. The summed E-state index contributed by atoms with van der Waals surface area (Å²) in [5, 5.41) is 0. The quantitative estimate of drug-likeness (QED) is 0.212. The fourth-order valence-electron chi connectivity index (χ4n) is 4.65. The molecule has 222 valence electrons. The molecule has 1 aliphatic rings. The smallest absolute Gasteiger partial charge is 0.338 e. The van der Waals surface area contributed by atoms with E-state index in [0.29, 0.717) is 70.0 Å². The maximum absolute atomic E-state index is 14.0. The summed E-state index contributed by atoms with van der Waals surface area (Å²) in [6.45, 7) is 14.8. The largest absolute Gasteiger partial charge is 0.490 e. The van der Waals surface area contributed by atoms with Crippen LogP contribution in [0.15, 0.2) is 70.1 Å². The van der Waals surface area contributed by atoms with E-state index < -0.39 is 12.0 Å². The summed E-state index contributed by atoms with van der Waals surface area (Å²) in [7, 11) is 0. The Morgan fingerprint density at radius 2 is 1.57 bits per heavy atom. The first kappa shape index (κ1) is 30.6. The van der Waals surface area contributed by atoms with E-state index in [1.165, 1.54) is 11.3 Å². The molecule has 0 bridgehead atoms. The van der Waals surface area contributed by atoms with Gasteiger partial charge in [-0.3, -0.25) is 9.36 Å². The molecule has 1 atom stereocenters. The Hall–Kier alpha value is -4.31. The summed E-state index contributed by atoms with van der Waals surface area (Å²) >= 11 is 1.25. The number of carbonyl (C=O) groups excluding carboxylic acids is 1. The van der Waals surface area contributed by atoms with Crippen LogP contribution in [0.25, 0.3) is 6.08 Å². The first-order valence-corrected chi connectivity index (χ1v) is 14.8. The van der Waals surface area contributed by atoms with Crippen LogP contribution in [0.5, 0.6) is 23.0 Å². The van der Waals surface area contributed by atoms with Crippen molar-refractivity contribution in [3.8, 4) is 23.0 Å². The van der Waals surface area contributed by atoms with Crippen LogP contribution < -0.4 is 33.8 Å². The van der Waals surface area contributed by atoms with Crippen LogP contribution >= 0.6 is 11.3 Å². The first-order chi connectivity index (χ1) is 20.4. The third kappa shape index (κ3) is 6.44. The highest BCUT2D eigenvalue weighted by molar-refractivity contribution is 7.07. The van der Waals surface area contributed by atoms with Gasteiger partial charge in [-0.05, 0) is 76.1 Å². The van der Waals surface area contributed by atoms with Crippen molar-refractivity contribution < 1.29 is 28.5 Å². The van der Waals surface area contributed by atoms with Gasteiger partial charge >= 0.3 is 5.97 Å². The summed E-state index contributed by atoms with van der Waals surface area (Å²) in [6, 6.07) is 10.1. The van der Waals surface area contributed by atoms with Gasteiger partial charge in [0.2, 0.25) is 0 Å². The molecule has 0 saturated carbocycles. The van der Waals surface area contributed by atoms with E-state index in [0.717, 1.165) is 5.56 Å². The van der Waals surface area contributed by atoms with Crippen LogP contribution in [0.3, 0.4) is 0 Å². The van der Waals surface area contributed by atoms with Gasteiger partial charge in [-0.15, -0.1) is 0 Å². The fraction of sp³-hybridized carbons (Fsp3) is 0.344. The Kier molecular flexibility index (Phi) is 10.2. The molecule has 42 heavy (non-hydrogen) atoms. The second kappa shape index (κ2) is 14.0. The number of thiazole rings is 1. The number of aromatic nitrogens is 1. The van der Waals surface area contributed by atoms with Gasteiger partial charge in [-0.1, -0.05) is 36.1 Å². The third-order valence-corrected chi connectivity index (χ3v) is 7.31. The molecule has 2 aromatic carbocycles. The summed E-state index contributed by atoms with van der Waals surface area (Å²) in [5.41, 5.74) is 1.92. The Balaban J connectivity index is 1.90. The number of fused-ring (bicyclic) bond motifs is 1. The highest BCUT2D eigenvalue weighted by Gasteiger charge is 2.34. The molecule has 0 amide bonds. The van der Waals surface area contributed by atoms with Gasteiger partial charge < -0.3 is 23.7 Å². The van der Waals surface area contributed by atoms with Crippen molar-refractivity contribution in [1.82, 2.24) is 4.57 Å². The van der Waals surface area contributed by atoms with Gasteiger partial charge in [0.25, 0.3) is 5.56 Å². The fourth-order valence-corrected chi connectivity index (χ4v) is 5.69. The van der Waals surface area contributed by atoms with Crippen LogP contribution in [0, 0.1) is 0 Å². The van der Waals surface area contributed by atoms with E-state index in [1.807, 2.05) is 45.0 Å². The average molecular weight is 593 g/mol. The number of nitrogens with zero attached hydrogens (tertiary/aromatic N) is 2. The molecule has 9 nitrogen and oxygen atoms in total. The van der Waals surface area contributed by atoms with Gasteiger partial charge in [-0.25, -0.2) is 9.79 Å². The van der Waals surface area contributed by atoms with Gasteiger partial charge in [0.05, 0.1) is 48.3 Å². The summed E-state index contributed by atoms with van der Waals surface area (Å²) < 4.78 is 30.5. The molecule has 0 unspecified atom stereocenters. The van der Waals surface area contributed by atoms with Crippen molar-refractivity contribution in [3.63, 3.8) is 0 Å². The molecule has 0 spiro atoms. The predicted octanol–water partition coefficient (Wildman–Crippen LogP) is 4.56. The lowest BCUT2D eigenvalue weighted by atomic mass is 9.95. The van der Waals surface area contributed by atoms with E-state index >= 15 is 0 Å². The van der Waals surface area contributed by atoms with E-state index in [1.54, 1.807) is 42.7 Å². The van der Waals surface area contributed by atoms with Gasteiger partial charge in [0, 0.05) is 0 Å². The molecule has 1 aliphatic heterocycles. The first-order valence-electron chi connectivity index (χ1n) is 14.0. The summed E-state index contributed by atoms with van der Waals surface area (Å²) in [4.78, 5) is 32.4. The number of hydrogen-bond donors (Lipinski definition) is 0. The Bertz CT molecular complexity index is 1670. The van der Waals surface area contributed by atoms with Gasteiger partial charge in [0.1, 0.15) is 6.61 Å². The minimum Gasteiger partial charge on any atom is -0.490 e. The number of allylic oxidation sites excluding steroid dienone is 1. The zero-order valence-corrected chi connectivity index (χ0v) is 25.4. The topological polar surface area (TPSA) is 97.6 Å². The minimum atomic E-state index is -0.783. The number of hydrogen-bond acceptors (Lipinski definition) is 9. The summed E-state index contributed by atoms with van der Waals surface area (Å²) in [5.74, 6) is 1.73. The lowest BCUT2D eigenvalue weighted by Crippen LogP contribution is -2.40. The van der Waals surface area contributed by atoms with E-state index in [4.69, 9.17) is 23.7 Å². The molecule has 2 heterocycles. The Labute approximate surface area is 249 Å². The second-order valence-electron chi connectivity index (χ2n) is 9.11. The maximum Gasteiger partial charge on any atom is 0.338 e. The predicted molar refractivity (Wildman–Crippen MR) is 162 cm³/mol. The standard InChI is InChI=1S/C32H36N2O7S/c1-7-16-41-24-15-13-22(19-26(24)39-10-4)29-28(31(36)40-11-5)20(6)33-32-34(29)30(35)27(42-32)18-21-12-14-23(37-8-2)25(17-21)38-9-3/h7,12-15,17-19,29H,1,8-11,16H2,2-6H3/b27-18-/t29-/m0/s1. The molecule has 0 aliphatic carbocycles. The van der Waals surface area contributed by atoms with Crippen LogP contribution in [0.4, 0.5) is 0 Å². The van der Waals surface area contributed by atoms with Crippen molar-refractivity contribution in [2.24, 2.45) is 4.99 Å². The molecule has 1 aromatic heterocycles. The number of ether oxygens (including phenoxy) is 5. The van der Waals surface area contributed by atoms with Crippen molar-refractivity contribution in [3.05, 3.63) is 91.1 Å². The van der Waals surface area contributed by atoms with E-state index in [9.17, 15) is 9.59 Å². The van der Waals surface area contributed by atoms with Crippen molar-refractivity contribution >= 4 is 23.4 Å². The van der Waals surface area contributed by atoms with Crippen LogP contribution in [-0.4, -0.2) is 43.6 Å². The molecule has 10 heteroatoms. The number of rotatable bonds is 13. The number of carbonyl (C=O) groups is 1. The maximum atomic E-state index is 14.0. The number of esters is 1. The second-order valence-corrected chi connectivity index (χ2v) is 10.1. The molecule has 0 radical (unpaired) electrons. The molecular weight excluding hydrogens is 556 g/mol. The van der Waals surface area contributed by atoms with Crippen molar-refractivity contribution in [2.75, 3.05) is 33.0 Å². The SMILES string of the molecule is C=CCOc1ccc([C@H]2C(C(=O)OCC)=C(C)N=c3s/c(=C\c4ccc(OCC)c(OCC)c4)c(=O)n32)cc1OCC. The monoisotopic (exact) mass is 592 g/mol. The van der Waals surface area contributed by atoms with Crippen LogP contribution in [0.1, 0.15) is 51.8 Å². The minimum absolute atomic E-state index is 0.186. The molecule has 0 fully saturated rings. The van der Waals surface area contributed by atoms with Crippen LogP contribution in [-0.2, 0) is 9.53 Å². The zero-order valence-electron chi connectivity index (χ0n) is 24.6. The lowest BCUT2D eigenvalue weighted by molar-refractivity contribution is -0.139. The van der Waals surface area contributed by atoms with E-state index in [2.05, 4.69) is 11.6 Å². The highest BCUT2D eigenvalue weighted by atomic mass is 32.1. The Morgan fingerprint density at radius 3 is 2.24 bits per heavy atom. The van der Waals surface area contributed by atoms with Crippen molar-refractivity contribution in [2.45, 2.75) is 40.7 Å². The normalized spacial score (nSPS) is 14.6. The lowest BCUT2D eigenvalue weighted by Gasteiger charge is -2.25. The molecule has 4 rings (SSSR count). The average Bonchev–Trinajstić information content (AvgIpc) is 3.27.